The zero-order chi connectivity index (χ0) is 14.0. The summed E-state index contributed by atoms with van der Waals surface area (Å²) < 4.78 is 0. The van der Waals surface area contributed by atoms with Crippen molar-refractivity contribution in [3.8, 4) is 0 Å². The predicted octanol–water partition coefficient (Wildman–Crippen LogP) is 7.04. The largest absolute Gasteiger partial charge is 0.0843 e. The third kappa shape index (κ3) is 3.49. The van der Waals surface area contributed by atoms with Crippen LogP contribution in [0.4, 0.5) is 0 Å². The lowest BCUT2D eigenvalue weighted by Gasteiger charge is -2.36. The van der Waals surface area contributed by atoms with Crippen LogP contribution in [0.1, 0.15) is 56.3 Å². The maximum Gasteiger partial charge on any atom is 0.0466 e. The summed E-state index contributed by atoms with van der Waals surface area (Å²) in [6.45, 7) is 4.62. The number of rotatable bonds is 4. The lowest BCUT2D eigenvalue weighted by Crippen LogP contribution is -2.24. The van der Waals surface area contributed by atoms with Crippen LogP contribution in [0.5, 0.6) is 0 Å². The van der Waals surface area contributed by atoms with Gasteiger partial charge in [-0.3, -0.25) is 0 Å². The van der Waals surface area contributed by atoms with E-state index >= 15 is 0 Å². The summed E-state index contributed by atoms with van der Waals surface area (Å²) in [4.78, 5) is 0.328. The molecule has 1 aliphatic rings. The third-order valence-electron chi connectivity index (χ3n) is 4.19. The average Bonchev–Trinajstić information content (AvgIpc) is 2.77. The van der Waals surface area contributed by atoms with E-state index in [-0.39, 0.29) is 0 Å². The minimum Gasteiger partial charge on any atom is -0.0843 e. The highest BCUT2D eigenvalue weighted by Crippen LogP contribution is 2.56. The van der Waals surface area contributed by atoms with E-state index in [4.69, 9.17) is 23.2 Å². The predicted molar refractivity (Wildman–Crippen MR) is 88.5 cm³/mol. The molecule has 0 spiro atoms. The van der Waals surface area contributed by atoms with Crippen LogP contribution in [0.2, 0.25) is 10.0 Å². The van der Waals surface area contributed by atoms with Crippen molar-refractivity contribution >= 4 is 39.1 Å². The van der Waals surface area contributed by atoms with Crippen molar-refractivity contribution in [2.45, 2.75) is 50.8 Å². The highest BCUT2D eigenvalue weighted by Gasteiger charge is 2.41. The van der Waals surface area contributed by atoms with E-state index in [2.05, 4.69) is 35.8 Å². The molecule has 1 aliphatic carbocycles. The Morgan fingerprint density at radius 3 is 2.37 bits per heavy atom. The maximum absolute atomic E-state index is 6.39. The summed E-state index contributed by atoms with van der Waals surface area (Å²) in [5.41, 5.74) is 1.54. The molecule has 1 aromatic carbocycles. The standard InChI is InChI=1S/C16H21BrCl2/c1-11(2)10-16(7-3-4-8-16)15(17)13-6-5-12(18)9-14(13)19/h5-6,9,11,15H,3-4,7-8,10H2,1-2H3. The van der Waals surface area contributed by atoms with Gasteiger partial charge in [0.2, 0.25) is 0 Å². The van der Waals surface area contributed by atoms with Gasteiger partial charge in [0.15, 0.2) is 0 Å². The molecule has 1 aromatic rings. The van der Waals surface area contributed by atoms with E-state index in [0.29, 0.717) is 21.2 Å². The number of hydrogen-bond acceptors (Lipinski definition) is 0. The first kappa shape index (κ1) is 15.7. The molecule has 0 heterocycles. The van der Waals surface area contributed by atoms with Crippen LogP contribution in [0.3, 0.4) is 0 Å². The zero-order valence-electron chi connectivity index (χ0n) is 11.6. The first-order valence-corrected chi connectivity index (χ1v) is 8.71. The van der Waals surface area contributed by atoms with Crippen LogP contribution in [-0.4, -0.2) is 0 Å². The SMILES string of the molecule is CC(C)CC1(C(Br)c2ccc(Cl)cc2Cl)CCCC1. The summed E-state index contributed by atoms with van der Waals surface area (Å²) in [5.74, 6) is 0.712. The molecule has 1 unspecified atom stereocenters. The molecule has 3 heteroatoms. The van der Waals surface area contributed by atoms with Crippen LogP contribution in [0, 0.1) is 11.3 Å². The van der Waals surface area contributed by atoms with Gasteiger partial charge < -0.3 is 0 Å². The van der Waals surface area contributed by atoms with Gasteiger partial charge in [-0.05, 0) is 48.3 Å². The summed E-state index contributed by atoms with van der Waals surface area (Å²) >= 11 is 16.3. The number of halogens is 3. The highest BCUT2D eigenvalue weighted by molar-refractivity contribution is 9.09. The van der Waals surface area contributed by atoms with Crippen molar-refractivity contribution in [1.82, 2.24) is 0 Å². The van der Waals surface area contributed by atoms with E-state index in [1.165, 1.54) is 37.7 Å². The van der Waals surface area contributed by atoms with Crippen LogP contribution in [-0.2, 0) is 0 Å². The molecule has 0 amide bonds. The molecule has 106 valence electrons. The fourth-order valence-electron chi connectivity index (χ4n) is 3.49. The Morgan fingerprint density at radius 2 is 1.84 bits per heavy atom. The summed E-state index contributed by atoms with van der Waals surface area (Å²) in [6, 6.07) is 5.87. The second kappa shape index (κ2) is 6.37. The lowest BCUT2D eigenvalue weighted by atomic mass is 9.74. The Morgan fingerprint density at radius 1 is 1.21 bits per heavy atom. The van der Waals surface area contributed by atoms with Gasteiger partial charge >= 0.3 is 0 Å². The zero-order valence-corrected chi connectivity index (χ0v) is 14.7. The molecule has 19 heavy (non-hydrogen) atoms. The number of hydrogen-bond donors (Lipinski definition) is 0. The Hall–Kier alpha value is 0.280. The average molecular weight is 364 g/mol. The van der Waals surface area contributed by atoms with Crippen molar-refractivity contribution in [1.29, 1.82) is 0 Å². The van der Waals surface area contributed by atoms with Gasteiger partial charge in [-0.15, -0.1) is 0 Å². The fraction of sp³-hybridized carbons (Fsp3) is 0.625. The molecule has 0 bridgehead atoms. The monoisotopic (exact) mass is 362 g/mol. The topological polar surface area (TPSA) is 0 Å². The van der Waals surface area contributed by atoms with Crippen molar-refractivity contribution in [3.05, 3.63) is 33.8 Å². The molecule has 1 saturated carbocycles. The van der Waals surface area contributed by atoms with Crippen LogP contribution in [0.25, 0.3) is 0 Å². The van der Waals surface area contributed by atoms with E-state index < -0.39 is 0 Å². The van der Waals surface area contributed by atoms with E-state index in [0.717, 1.165) is 5.02 Å². The highest BCUT2D eigenvalue weighted by atomic mass is 79.9. The van der Waals surface area contributed by atoms with Crippen molar-refractivity contribution in [2.75, 3.05) is 0 Å². The van der Waals surface area contributed by atoms with Crippen molar-refractivity contribution in [3.63, 3.8) is 0 Å². The smallest absolute Gasteiger partial charge is 0.0466 e. The second-order valence-electron chi connectivity index (χ2n) is 6.20. The van der Waals surface area contributed by atoms with Crippen LogP contribution >= 0.6 is 39.1 Å². The lowest BCUT2D eigenvalue weighted by molar-refractivity contribution is 0.230. The van der Waals surface area contributed by atoms with Gasteiger partial charge in [-0.25, -0.2) is 0 Å². The van der Waals surface area contributed by atoms with Gasteiger partial charge in [-0.1, -0.05) is 71.9 Å². The molecule has 0 N–H and O–H groups in total. The van der Waals surface area contributed by atoms with Crippen molar-refractivity contribution in [2.24, 2.45) is 11.3 Å². The summed E-state index contributed by atoms with van der Waals surface area (Å²) in [5, 5.41) is 1.49. The van der Waals surface area contributed by atoms with E-state index in [1.807, 2.05) is 12.1 Å². The van der Waals surface area contributed by atoms with Gasteiger partial charge in [0, 0.05) is 14.9 Å². The number of alkyl halides is 1. The van der Waals surface area contributed by atoms with Gasteiger partial charge in [-0.2, -0.15) is 0 Å². The molecule has 1 atom stereocenters. The minimum absolute atomic E-state index is 0.328. The van der Waals surface area contributed by atoms with E-state index in [9.17, 15) is 0 Å². The van der Waals surface area contributed by atoms with Gasteiger partial charge in [0.1, 0.15) is 0 Å². The Balaban J connectivity index is 2.31. The maximum atomic E-state index is 6.39. The molecular formula is C16H21BrCl2. The molecule has 0 radical (unpaired) electrons. The molecule has 2 rings (SSSR count). The molecule has 1 fully saturated rings. The Labute approximate surface area is 135 Å². The third-order valence-corrected chi connectivity index (χ3v) is 6.21. The Bertz CT molecular complexity index is 436. The number of benzene rings is 1. The summed E-state index contributed by atoms with van der Waals surface area (Å²) in [7, 11) is 0. The molecule has 0 aliphatic heterocycles. The summed E-state index contributed by atoms with van der Waals surface area (Å²) in [6.07, 6.45) is 6.50. The molecule has 0 aromatic heterocycles. The second-order valence-corrected chi connectivity index (χ2v) is 7.96. The minimum atomic E-state index is 0.328. The molecular weight excluding hydrogens is 343 g/mol. The molecule has 0 saturated heterocycles. The Kier molecular flexibility index (Phi) is 5.25. The normalized spacial score (nSPS) is 19.9. The quantitative estimate of drug-likeness (QED) is 0.503. The van der Waals surface area contributed by atoms with Crippen LogP contribution in [0.15, 0.2) is 18.2 Å². The first-order valence-electron chi connectivity index (χ1n) is 7.04. The van der Waals surface area contributed by atoms with Crippen LogP contribution < -0.4 is 0 Å². The molecule has 0 nitrogen and oxygen atoms in total. The van der Waals surface area contributed by atoms with Crippen molar-refractivity contribution < 1.29 is 0 Å². The fourth-order valence-corrected chi connectivity index (χ4v) is 5.18. The first-order chi connectivity index (χ1) is 8.94. The van der Waals surface area contributed by atoms with E-state index in [1.54, 1.807) is 0 Å². The van der Waals surface area contributed by atoms with Gasteiger partial charge in [0.05, 0.1) is 0 Å². The van der Waals surface area contributed by atoms with Gasteiger partial charge in [0.25, 0.3) is 0 Å².